The van der Waals surface area contributed by atoms with Gasteiger partial charge in [0.1, 0.15) is 0 Å². The lowest BCUT2D eigenvalue weighted by atomic mass is 9.93. The molecule has 0 amide bonds. The standard InChI is InChI=1S/C17H32N4S.HI/c1-7-18-16(20-12-17(3,4)13-21(5)6)19-11-14(2)15-9-8-10-22-15;/h8-10,14H,7,11-13H2,1-6H3,(H2,18,19,20);1H. The van der Waals surface area contributed by atoms with Crippen LogP contribution in [0.2, 0.25) is 0 Å². The quantitative estimate of drug-likeness (QED) is 0.360. The van der Waals surface area contributed by atoms with Gasteiger partial charge >= 0.3 is 0 Å². The second-order valence-electron chi connectivity index (χ2n) is 6.89. The molecule has 0 saturated heterocycles. The minimum absolute atomic E-state index is 0. The molecule has 0 radical (unpaired) electrons. The van der Waals surface area contributed by atoms with Crippen LogP contribution in [0.5, 0.6) is 0 Å². The zero-order valence-corrected chi connectivity index (χ0v) is 18.5. The van der Waals surface area contributed by atoms with E-state index in [1.807, 2.05) is 11.3 Å². The maximum absolute atomic E-state index is 4.76. The van der Waals surface area contributed by atoms with E-state index in [-0.39, 0.29) is 29.4 Å². The Balaban J connectivity index is 0.00000484. The lowest BCUT2D eigenvalue weighted by Gasteiger charge is -2.27. The molecule has 0 aromatic carbocycles. The molecule has 1 rings (SSSR count). The van der Waals surface area contributed by atoms with Gasteiger partial charge in [-0.15, -0.1) is 35.3 Å². The van der Waals surface area contributed by atoms with Crippen molar-refractivity contribution in [2.75, 3.05) is 40.3 Å². The molecule has 1 unspecified atom stereocenters. The third-order valence-corrected chi connectivity index (χ3v) is 4.46. The highest BCUT2D eigenvalue weighted by Crippen LogP contribution is 2.19. The van der Waals surface area contributed by atoms with Gasteiger partial charge in [-0.25, -0.2) is 0 Å². The van der Waals surface area contributed by atoms with Crippen molar-refractivity contribution < 1.29 is 0 Å². The predicted octanol–water partition coefficient (Wildman–Crippen LogP) is 3.61. The zero-order valence-electron chi connectivity index (χ0n) is 15.3. The van der Waals surface area contributed by atoms with Crippen LogP contribution in [0.3, 0.4) is 0 Å². The van der Waals surface area contributed by atoms with Crippen molar-refractivity contribution in [3.8, 4) is 0 Å². The molecule has 0 spiro atoms. The van der Waals surface area contributed by atoms with Crippen molar-refractivity contribution >= 4 is 41.3 Å². The minimum Gasteiger partial charge on any atom is -0.357 e. The number of rotatable bonds is 8. The van der Waals surface area contributed by atoms with Crippen LogP contribution in [0, 0.1) is 5.41 Å². The van der Waals surface area contributed by atoms with Crippen LogP contribution < -0.4 is 10.6 Å². The van der Waals surface area contributed by atoms with Gasteiger partial charge in [-0.05, 0) is 37.9 Å². The molecule has 23 heavy (non-hydrogen) atoms. The van der Waals surface area contributed by atoms with Gasteiger partial charge in [0.2, 0.25) is 0 Å². The molecular weight excluding hydrogens is 419 g/mol. The Morgan fingerprint density at radius 1 is 1.35 bits per heavy atom. The van der Waals surface area contributed by atoms with Crippen LogP contribution in [-0.2, 0) is 0 Å². The van der Waals surface area contributed by atoms with Gasteiger partial charge in [0, 0.05) is 37.0 Å². The first-order valence-corrected chi connectivity index (χ1v) is 8.92. The third-order valence-electron chi connectivity index (χ3n) is 3.36. The van der Waals surface area contributed by atoms with E-state index in [1.165, 1.54) is 4.88 Å². The summed E-state index contributed by atoms with van der Waals surface area (Å²) >= 11 is 1.81. The van der Waals surface area contributed by atoms with Gasteiger partial charge in [0.25, 0.3) is 0 Å². The molecule has 0 saturated carbocycles. The fraction of sp³-hybridized carbons (Fsp3) is 0.706. The normalized spacial score (nSPS) is 13.6. The van der Waals surface area contributed by atoms with E-state index in [9.17, 15) is 0 Å². The molecule has 2 N–H and O–H groups in total. The molecule has 4 nitrogen and oxygen atoms in total. The molecule has 0 fully saturated rings. The van der Waals surface area contributed by atoms with Crippen LogP contribution in [-0.4, -0.2) is 51.1 Å². The van der Waals surface area contributed by atoms with E-state index in [4.69, 9.17) is 4.99 Å². The summed E-state index contributed by atoms with van der Waals surface area (Å²) in [6, 6.07) is 4.31. The minimum atomic E-state index is 0. The van der Waals surface area contributed by atoms with Gasteiger partial charge in [0.05, 0.1) is 0 Å². The van der Waals surface area contributed by atoms with Crippen molar-refractivity contribution in [2.24, 2.45) is 10.4 Å². The molecule has 0 aliphatic carbocycles. The maximum atomic E-state index is 4.76. The third kappa shape index (κ3) is 9.52. The number of aliphatic imine (C=N–C) groups is 1. The van der Waals surface area contributed by atoms with Crippen LogP contribution in [0.15, 0.2) is 22.5 Å². The summed E-state index contributed by atoms with van der Waals surface area (Å²) in [7, 11) is 4.22. The summed E-state index contributed by atoms with van der Waals surface area (Å²) in [6.07, 6.45) is 0. The van der Waals surface area contributed by atoms with Gasteiger partial charge in [-0.2, -0.15) is 0 Å². The lowest BCUT2D eigenvalue weighted by molar-refractivity contribution is 0.248. The number of hydrogen-bond donors (Lipinski definition) is 2. The van der Waals surface area contributed by atoms with Crippen molar-refractivity contribution in [3.63, 3.8) is 0 Å². The topological polar surface area (TPSA) is 39.7 Å². The lowest BCUT2D eigenvalue weighted by Crippen LogP contribution is -2.40. The van der Waals surface area contributed by atoms with Crippen molar-refractivity contribution in [1.82, 2.24) is 15.5 Å². The summed E-state index contributed by atoms with van der Waals surface area (Å²) in [6.45, 7) is 12.5. The summed E-state index contributed by atoms with van der Waals surface area (Å²) < 4.78 is 0. The van der Waals surface area contributed by atoms with Crippen LogP contribution in [0.25, 0.3) is 0 Å². The van der Waals surface area contributed by atoms with E-state index in [1.54, 1.807) is 0 Å². The second-order valence-corrected chi connectivity index (χ2v) is 7.87. The monoisotopic (exact) mass is 452 g/mol. The van der Waals surface area contributed by atoms with E-state index >= 15 is 0 Å². The molecule has 1 aromatic rings. The number of nitrogens with zero attached hydrogens (tertiary/aromatic N) is 2. The number of halogens is 1. The smallest absolute Gasteiger partial charge is 0.191 e. The Hall–Kier alpha value is -0.340. The van der Waals surface area contributed by atoms with E-state index in [0.29, 0.717) is 5.92 Å². The number of nitrogens with one attached hydrogen (secondary N) is 2. The SMILES string of the molecule is CCNC(=NCC(C)(C)CN(C)C)NCC(C)c1cccs1.I. The van der Waals surface area contributed by atoms with E-state index in [0.717, 1.165) is 32.1 Å². The van der Waals surface area contributed by atoms with Gasteiger partial charge in [-0.1, -0.05) is 26.8 Å². The molecule has 0 aliphatic heterocycles. The molecule has 0 aliphatic rings. The number of guanidine groups is 1. The van der Waals surface area contributed by atoms with Crippen LogP contribution in [0.4, 0.5) is 0 Å². The first-order valence-electron chi connectivity index (χ1n) is 8.04. The van der Waals surface area contributed by atoms with Crippen LogP contribution in [0.1, 0.15) is 38.5 Å². The first-order chi connectivity index (χ1) is 10.3. The van der Waals surface area contributed by atoms with Gasteiger partial charge in [-0.3, -0.25) is 4.99 Å². The first kappa shape index (κ1) is 22.7. The molecule has 0 bridgehead atoms. The Labute approximate surface area is 163 Å². The summed E-state index contributed by atoms with van der Waals surface area (Å²) in [5, 5.41) is 8.94. The molecule has 1 aromatic heterocycles. The fourth-order valence-corrected chi connectivity index (χ4v) is 3.25. The average molecular weight is 452 g/mol. The number of thiophene rings is 1. The summed E-state index contributed by atoms with van der Waals surface area (Å²) in [5.74, 6) is 1.41. The second kappa shape index (κ2) is 11.3. The summed E-state index contributed by atoms with van der Waals surface area (Å²) in [4.78, 5) is 8.39. The molecule has 6 heteroatoms. The Morgan fingerprint density at radius 3 is 2.57 bits per heavy atom. The van der Waals surface area contributed by atoms with Crippen molar-refractivity contribution in [1.29, 1.82) is 0 Å². The van der Waals surface area contributed by atoms with E-state index < -0.39 is 0 Å². The highest BCUT2D eigenvalue weighted by molar-refractivity contribution is 14.0. The largest absolute Gasteiger partial charge is 0.357 e. The Bertz CT molecular complexity index is 443. The molecule has 134 valence electrons. The Morgan fingerprint density at radius 2 is 2.04 bits per heavy atom. The fourth-order valence-electron chi connectivity index (χ4n) is 2.46. The number of hydrogen-bond acceptors (Lipinski definition) is 3. The highest BCUT2D eigenvalue weighted by atomic mass is 127. The molecular formula is C17H33IN4S. The highest BCUT2D eigenvalue weighted by Gasteiger charge is 2.18. The van der Waals surface area contributed by atoms with Crippen molar-refractivity contribution in [3.05, 3.63) is 22.4 Å². The average Bonchev–Trinajstić information content (AvgIpc) is 2.94. The molecule has 1 atom stereocenters. The van der Waals surface area contributed by atoms with E-state index in [2.05, 4.69) is 74.8 Å². The zero-order chi connectivity index (χ0) is 16.6. The van der Waals surface area contributed by atoms with Crippen LogP contribution >= 0.6 is 35.3 Å². The van der Waals surface area contributed by atoms with Crippen molar-refractivity contribution in [2.45, 2.75) is 33.6 Å². The molecule has 1 heterocycles. The Kier molecular flexibility index (Phi) is 11.1. The maximum Gasteiger partial charge on any atom is 0.191 e. The van der Waals surface area contributed by atoms with Gasteiger partial charge < -0.3 is 15.5 Å². The predicted molar refractivity (Wildman–Crippen MR) is 114 cm³/mol. The van der Waals surface area contributed by atoms with Gasteiger partial charge in [0.15, 0.2) is 5.96 Å². The summed E-state index contributed by atoms with van der Waals surface area (Å²) in [5.41, 5.74) is 0.172.